The van der Waals surface area contributed by atoms with Crippen molar-refractivity contribution in [3.05, 3.63) is 64.7 Å². The summed E-state index contributed by atoms with van der Waals surface area (Å²) in [5.41, 5.74) is 4.54. The largest absolute Gasteiger partial charge is 0.496 e. The van der Waals surface area contributed by atoms with E-state index in [0.29, 0.717) is 6.42 Å². The van der Waals surface area contributed by atoms with Crippen LogP contribution in [0.1, 0.15) is 48.6 Å². The smallest absolute Gasteiger partial charge is 0.224 e. The van der Waals surface area contributed by atoms with Gasteiger partial charge in [0.1, 0.15) is 5.75 Å². The lowest BCUT2D eigenvalue weighted by atomic mass is 10.0. The Kier molecular flexibility index (Phi) is 6.42. The number of carbonyl (C=O) groups excluding carboxylic acids is 1. The molecular formula is C21H27NO2. The van der Waals surface area contributed by atoms with Crippen LogP contribution in [-0.2, 0) is 17.6 Å². The van der Waals surface area contributed by atoms with Gasteiger partial charge in [0.25, 0.3) is 0 Å². The number of rotatable bonds is 7. The molecule has 0 aliphatic carbocycles. The van der Waals surface area contributed by atoms with E-state index in [2.05, 4.69) is 37.4 Å². The monoisotopic (exact) mass is 325 g/mol. The summed E-state index contributed by atoms with van der Waals surface area (Å²) in [6, 6.07) is 14.4. The Labute approximate surface area is 145 Å². The van der Waals surface area contributed by atoms with Gasteiger partial charge >= 0.3 is 0 Å². The van der Waals surface area contributed by atoms with Gasteiger partial charge in [0.15, 0.2) is 0 Å². The van der Waals surface area contributed by atoms with E-state index in [-0.39, 0.29) is 11.9 Å². The second-order valence-electron chi connectivity index (χ2n) is 6.10. The molecule has 0 bridgehead atoms. The highest BCUT2D eigenvalue weighted by Crippen LogP contribution is 2.24. The van der Waals surface area contributed by atoms with E-state index < -0.39 is 0 Å². The average Bonchev–Trinajstić information content (AvgIpc) is 2.60. The Morgan fingerprint density at radius 1 is 1.08 bits per heavy atom. The third-order valence-corrected chi connectivity index (χ3v) is 4.36. The van der Waals surface area contributed by atoms with Gasteiger partial charge in [-0.2, -0.15) is 0 Å². The number of aryl methyl sites for hydroxylation is 2. The van der Waals surface area contributed by atoms with Crippen molar-refractivity contribution in [3.63, 3.8) is 0 Å². The van der Waals surface area contributed by atoms with Crippen LogP contribution in [0, 0.1) is 6.92 Å². The summed E-state index contributed by atoms with van der Waals surface area (Å²) in [5, 5.41) is 3.15. The predicted molar refractivity (Wildman–Crippen MR) is 98.4 cm³/mol. The van der Waals surface area contributed by atoms with Crippen molar-refractivity contribution in [1.29, 1.82) is 0 Å². The molecule has 2 aromatic rings. The second-order valence-corrected chi connectivity index (χ2v) is 6.10. The first-order valence-corrected chi connectivity index (χ1v) is 8.59. The Bertz CT molecular complexity index is 677. The van der Waals surface area contributed by atoms with Crippen molar-refractivity contribution in [2.45, 2.75) is 46.1 Å². The molecule has 128 valence electrons. The van der Waals surface area contributed by atoms with Crippen LogP contribution in [0.15, 0.2) is 42.5 Å². The first-order valence-electron chi connectivity index (χ1n) is 8.59. The van der Waals surface area contributed by atoms with E-state index in [9.17, 15) is 4.79 Å². The highest BCUT2D eigenvalue weighted by Gasteiger charge is 2.14. The number of amides is 1. The van der Waals surface area contributed by atoms with Crippen LogP contribution in [0.25, 0.3) is 0 Å². The fraction of sp³-hybridized carbons (Fsp3) is 0.381. The van der Waals surface area contributed by atoms with Crippen molar-refractivity contribution in [2.24, 2.45) is 0 Å². The normalized spacial score (nSPS) is 11.8. The van der Waals surface area contributed by atoms with Crippen molar-refractivity contribution < 1.29 is 9.53 Å². The van der Waals surface area contributed by atoms with Crippen molar-refractivity contribution in [3.8, 4) is 5.75 Å². The van der Waals surface area contributed by atoms with Gasteiger partial charge in [-0.1, -0.05) is 50.2 Å². The van der Waals surface area contributed by atoms with Crippen LogP contribution >= 0.6 is 0 Å². The molecule has 1 N–H and O–H groups in total. The predicted octanol–water partition coefficient (Wildman–Crippen LogP) is 4.38. The topological polar surface area (TPSA) is 38.3 Å². The maximum absolute atomic E-state index is 12.4. The molecule has 0 spiro atoms. The maximum atomic E-state index is 12.4. The van der Waals surface area contributed by atoms with Crippen LogP contribution in [-0.4, -0.2) is 13.0 Å². The molecule has 3 nitrogen and oxygen atoms in total. The van der Waals surface area contributed by atoms with Gasteiger partial charge in [0.05, 0.1) is 19.6 Å². The molecule has 0 saturated carbocycles. The zero-order chi connectivity index (χ0) is 17.5. The third kappa shape index (κ3) is 4.60. The lowest BCUT2D eigenvalue weighted by molar-refractivity contribution is -0.121. The quantitative estimate of drug-likeness (QED) is 0.820. The molecule has 2 rings (SSSR count). The molecule has 2 aromatic carbocycles. The zero-order valence-electron chi connectivity index (χ0n) is 15.1. The number of hydrogen-bond donors (Lipinski definition) is 1. The maximum Gasteiger partial charge on any atom is 0.224 e. The number of methoxy groups -OCH3 is 1. The van der Waals surface area contributed by atoms with Gasteiger partial charge in [-0.15, -0.1) is 0 Å². The Morgan fingerprint density at radius 2 is 1.75 bits per heavy atom. The molecule has 1 atom stereocenters. The Hall–Kier alpha value is -2.29. The fourth-order valence-corrected chi connectivity index (χ4v) is 2.86. The number of nitrogens with one attached hydrogen (secondary N) is 1. The van der Waals surface area contributed by atoms with Gasteiger partial charge in [-0.25, -0.2) is 0 Å². The van der Waals surface area contributed by atoms with Crippen LogP contribution in [0.5, 0.6) is 5.75 Å². The van der Waals surface area contributed by atoms with E-state index in [1.807, 2.05) is 31.2 Å². The summed E-state index contributed by atoms with van der Waals surface area (Å²) in [4.78, 5) is 12.4. The van der Waals surface area contributed by atoms with Crippen molar-refractivity contribution >= 4 is 5.91 Å². The molecule has 0 fully saturated rings. The standard InChI is InChI=1S/C21H27NO2/c1-5-16-7-9-17(10-8-16)14-21(23)22-19(6-2)18-11-12-20(24-4)15(3)13-18/h7-13,19H,5-6,14H2,1-4H3,(H,22,23)/t19-/m1/s1. The summed E-state index contributed by atoms with van der Waals surface area (Å²) in [5.74, 6) is 0.926. The minimum Gasteiger partial charge on any atom is -0.496 e. The third-order valence-electron chi connectivity index (χ3n) is 4.36. The SMILES string of the molecule is CCc1ccc(CC(=O)N[C@H](CC)c2ccc(OC)c(C)c2)cc1. The summed E-state index contributed by atoms with van der Waals surface area (Å²) >= 11 is 0. The molecule has 0 unspecified atom stereocenters. The van der Waals surface area contributed by atoms with Gasteiger partial charge < -0.3 is 10.1 Å². The molecule has 0 aliphatic rings. The van der Waals surface area contributed by atoms with E-state index in [1.54, 1.807) is 7.11 Å². The minimum atomic E-state index is 0.0250. The van der Waals surface area contributed by atoms with Gasteiger partial charge in [-0.3, -0.25) is 4.79 Å². The van der Waals surface area contributed by atoms with Crippen LogP contribution < -0.4 is 10.1 Å². The highest BCUT2D eigenvalue weighted by atomic mass is 16.5. The molecule has 0 aromatic heterocycles. The highest BCUT2D eigenvalue weighted by molar-refractivity contribution is 5.79. The lowest BCUT2D eigenvalue weighted by Crippen LogP contribution is -2.29. The summed E-state index contributed by atoms with van der Waals surface area (Å²) in [6.07, 6.45) is 2.28. The summed E-state index contributed by atoms with van der Waals surface area (Å²) in [7, 11) is 1.67. The Balaban J connectivity index is 2.03. The molecule has 0 saturated heterocycles. The lowest BCUT2D eigenvalue weighted by Gasteiger charge is -2.19. The zero-order valence-corrected chi connectivity index (χ0v) is 15.1. The molecule has 0 heterocycles. The van der Waals surface area contributed by atoms with E-state index >= 15 is 0 Å². The van der Waals surface area contributed by atoms with Crippen LogP contribution in [0.2, 0.25) is 0 Å². The fourth-order valence-electron chi connectivity index (χ4n) is 2.86. The molecule has 0 radical (unpaired) electrons. The number of benzene rings is 2. The molecule has 24 heavy (non-hydrogen) atoms. The molecular weight excluding hydrogens is 298 g/mol. The van der Waals surface area contributed by atoms with Gasteiger partial charge in [0, 0.05) is 0 Å². The van der Waals surface area contributed by atoms with Crippen LogP contribution in [0.4, 0.5) is 0 Å². The summed E-state index contributed by atoms with van der Waals surface area (Å²) < 4.78 is 5.30. The minimum absolute atomic E-state index is 0.0250. The molecule has 3 heteroatoms. The van der Waals surface area contributed by atoms with E-state index in [4.69, 9.17) is 4.74 Å². The van der Waals surface area contributed by atoms with Crippen LogP contribution in [0.3, 0.4) is 0 Å². The average molecular weight is 325 g/mol. The molecule has 0 aliphatic heterocycles. The van der Waals surface area contributed by atoms with Gasteiger partial charge in [0.2, 0.25) is 5.91 Å². The first-order chi connectivity index (χ1) is 11.6. The van der Waals surface area contributed by atoms with E-state index in [0.717, 1.165) is 35.3 Å². The van der Waals surface area contributed by atoms with E-state index in [1.165, 1.54) is 5.56 Å². The van der Waals surface area contributed by atoms with Gasteiger partial charge in [-0.05, 0) is 48.1 Å². The summed E-state index contributed by atoms with van der Waals surface area (Å²) in [6.45, 7) is 6.23. The number of hydrogen-bond acceptors (Lipinski definition) is 2. The first kappa shape index (κ1) is 18.1. The van der Waals surface area contributed by atoms with Crippen molar-refractivity contribution in [1.82, 2.24) is 5.32 Å². The Morgan fingerprint density at radius 3 is 2.29 bits per heavy atom. The molecule has 1 amide bonds. The number of ether oxygens (including phenoxy) is 1. The van der Waals surface area contributed by atoms with Crippen molar-refractivity contribution in [2.75, 3.05) is 7.11 Å². The number of carbonyl (C=O) groups is 1. The second kappa shape index (κ2) is 8.53.